The summed E-state index contributed by atoms with van der Waals surface area (Å²) in [6.45, 7) is 1.78. The number of terminal acetylenes is 2. The number of hydrogen-bond acceptors (Lipinski definition) is 10. The van der Waals surface area contributed by atoms with Crippen molar-refractivity contribution in [1.82, 2.24) is 24.1 Å². The standard InChI is InChI=1S/C18H15N5O3.C18H2.H3N5O3.6H2/c1-11(24)13-7-15-16(19-8-13)22(18(25)23-17(15)20-10-21-23)9-12-3-5-14(26-2)6-4-12;1-3-5-7-9-11-13-15-17-18-16-14-12-10-8-6-4-2;1-2-3-4-5(6)8-7;;;;;;/h3-8,10H,9H2,1-2H3;1-2H;7H,(H2,1,3);6*1H. The number of carbonyl (C=O) groups excluding carboxylic acids is 1. The van der Waals surface area contributed by atoms with E-state index in [9.17, 15) is 14.8 Å². The topological polar surface area (TPSA) is 210 Å². The van der Waals surface area contributed by atoms with Crippen LogP contribution in [0.1, 0.15) is 31.4 Å². The Morgan fingerprint density at radius 1 is 0.942 bits per heavy atom. The first-order chi connectivity index (χ1) is 25.3. The van der Waals surface area contributed by atoms with Gasteiger partial charge in [-0.3, -0.25) is 20.5 Å². The summed E-state index contributed by atoms with van der Waals surface area (Å²) in [7, 11) is 1.60. The van der Waals surface area contributed by atoms with E-state index < -0.39 is 5.02 Å². The Morgan fingerprint density at radius 2 is 1.48 bits per heavy atom. The normalized spacial score (nSPS) is 8.75. The molecule has 0 spiro atoms. The zero-order valence-electron chi connectivity index (χ0n) is 27.0. The van der Waals surface area contributed by atoms with Gasteiger partial charge in [-0.05, 0) is 125 Å². The van der Waals surface area contributed by atoms with Crippen LogP contribution < -0.4 is 16.3 Å². The molecule has 3 heterocycles. The number of hydrogen-bond donors (Lipinski definition) is 2. The van der Waals surface area contributed by atoms with Gasteiger partial charge in [-0.2, -0.15) is 9.61 Å². The molecule has 0 bridgehead atoms. The number of Topliss-reactive ketones (excluding diaryl/α,β-unsaturated/α-hetero) is 1. The van der Waals surface area contributed by atoms with E-state index in [1.54, 1.807) is 13.2 Å². The van der Waals surface area contributed by atoms with Gasteiger partial charge in [-0.25, -0.2) is 14.8 Å². The molecule has 0 unspecified atom stereocenters. The van der Waals surface area contributed by atoms with Gasteiger partial charge in [-0.1, -0.05) is 12.1 Å². The van der Waals surface area contributed by atoms with Crippen molar-refractivity contribution >= 4 is 22.5 Å². The molecule has 52 heavy (non-hydrogen) atoms. The number of carbonyl (C=O) groups is 1. The first-order valence-corrected chi connectivity index (χ1v) is 13.7. The van der Waals surface area contributed by atoms with Crippen LogP contribution in [0.4, 0.5) is 0 Å². The first kappa shape index (κ1) is 39.2. The fourth-order valence-corrected chi connectivity index (χ4v) is 3.38. The van der Waals surface area contributed by atoms with Crippen molar-refractivity contribution in [2.24, 2.45) is 21.5 Å². The van der Waals surface area contributed by atoms with E-state index in [2.05, 4.69) is 136 Å². The highest BCUT2D eigenvalue weighted by Crippen LogP contribution is 2.18. The molecule has 3 N–H and O–H groups in total. The molecule has 0 aliphatic heterocycles. The van der Waals surface area contributed by atoms with Crippen molar-refractivity contribution < 1.29 is 33.4 Å². The van der Waals surface area contributed by atoms with Crippen molar-refractivity contribution in [3.05, 3.63) is 69.7 Å². The van der Waals surface area contributed by atoms with Gasteiger partial charge in [0.25, 0.3) is 0 Å². The van der Waals surface area contributed by atoms with Gasteiger partial charge in [0, 0.05) is 20.3 Å². The Morgan fingerprint density at radius 3 is 1.94 bits per heavy atom. The summed E-state index contributed by atoms with van der Waals surface area (Å²) in [6, 6.07) is 9.12. The van der Waals surface area contributed by atoms with Crippen LogP contribution in [0.15, 0.2) is 63.3 Å². The minimum atomic E-state index is -0.573. The maximum Gasteiger partial charge on any atom is 0.352 e. The molecule has 0 saturated carbocycles. The zero-order chi connectivity index (χ0) is 38.0. The third-order valence-electron chi connectivity index (χ3n) is 5.42. The van der Waals surface area contributed by atoms with Crippen molar-refractivity contribution in [1.29, 1.82) is 0 Å². The molecule has 0 aliphatic rings. The number of rotatable bonds is 6. The van der Waals surface area contributed by atoms with Gasteiger partial charge in [-0.15, -0.1) is 12.8 Å². The number of pyridine rings is 1. The number of nitrogens with two attached hydrogens (primary N) is 1. The average Bonchev–Trinajstić information content (AvgIpc) is 3.67. The number of benzene rings is 1. The Labute approximate surface area is 305 Å². The van der Waals surface area contributed by atoms with Crippen molar-refractivity contribution in [3.8, 4) is 113 Å². The lowest BCUT2D eigenvalue weighted by molar-refractivity contribution is -0.873. The Hall–Kier alpha value is -8.95. The molecule has 4 aromatic rings. The van der Waals surface area contributed by atoms with Gasteiger partial charge in [0.05, 0.1) is 29.3 Å². The van der Waals surface area contributed by atoms with Gasteiger partial charge in [0.1, 0.15) is 17.7 Å². The summed E-state index contributed by atoms with van der Waals surface area (Å²) in [4.78, 5) is 36.0. The van der Waals surface area contributed by atoms with Crippen molar-refractivity contribution in [3.63, 3.8) is 0 Å². The van der Waals surface area contributed by atoms with Crippen LogP contribution in [0.5, 0.6) is 5.75 Å². The highest BCUT2D eigenvalue weighted by Gasteiger charge is 2.15. The predicted molar refractivity (Wildman–Crippen MR) is 198 cm³/mol. The summed E-state index contributed by atoms with van der Waals surface area (Å²) in [5.41, 5.74) is 1.86. The fourth-order valence-electron chi connectivity index (χ4n) is 3.38. The van der Waals surface area contributed by atoms with Crippen molar-refractivity contribution in [2.75, 3.05) is 7.11 Å². The summed E-state index contributed by atoms with van der Waals surface area (Å²) in [5, 5.41) is 28.8. The lowest BCUT2D eigenvalue weighted by Crippen LogP contribution is -2.29. The molecule has 3 aromatic heterocycles. The van der Waals surface area contributed by atoms with Crippen molar-refractivity contribution in [2.45, 2.75) is 13.5 Å². The van der Waals surface area contributed by atoms with Gasteiger partial charge >= 0.3 is 5.69 Å². The maximum absolute atomic E-state index is 12.8. The second kappa shape index (κ2) is 22.6. The van der Waals surface area contributed by atoms with Crippen LogP contribution in [0, 0.1) is 113 Å². The second-order valence-corrected chi connectivity index (χ2v) is 8.52. The second-order valence-electron chi connectivity index (χ2n) is 8.52. The molecule has 16 heteroatoms. The number of ketones is 1. The molecule has 0 saturated heterocycles. The van der Waals surface area contributed by atoms with Crippen LogP contribution in [0.2, 0.25) is 0 Å². The zero-order valence-corrected chi connectivity index (χ0v) is 27.0. The minimum Gasteiger partial charge on any atom is -0.497 e. The molecule has 16 nitrogen and oxygen atoms in total. The largest absolute Gasteiger partial charge is 0.497 e. The quantitative estimate of drug-likeness (QED) is 0.0750. The molecule has 4 rings (SSSR count). The third-order valence-corrected chi connectivity index (χ3v) is 5.42. The molecule has 0 atom stereocenters. The van der Waals surface area contributed by atoms with E-state index in [0.717, 1.165) is 11.3 Å². The molecule has 1 aromatic carbocycles. The Balaban J connectivity index is -0.000000260. The monoisotopic (exact) mass is 700 g/mol. The number of nitrogens with zero attached hydrogens (tertiary/aromatic N) is 9. The number of fused-ring (bicyclic) bond motifs is 3. The molecule has 0 radical (unpaired) electrons. The highest BCUT2D eigenvalue weighted by atomic mass is 17.2. The van der Waals surface area contributed by atoms with Crippen LogP contribution in [0.25, 0.3) is 16.7 Å². The molecular formula is C36H32N10O6. The average molecular weight is 701 g/mol. The van der Waals surface area contributed by atoms with Gasteiger partial charge in [0.2, 0.25) is 10.4 Å². The lowest BCUT2D eigenvalue weighted by atomic mass is 10.1. The molecule has 0 amide bonds. The van der Waals surface area contributed by atoms with E-state index in [1.165, 1.54) is 28.5 Å². The molecule has 0 fully saturated rings. The third kappa shape index (κ3) is 13.0. The highest BCUT2D eigenvalue weighted by molar-refractivity contribution is 5.99. The molecule has 262 valence electrons. The number of ether oxygens (including phenoxy) is 1. The summed E-state index contributed by atoms with van der Waals surface area (Å²) in [6.07, 6.45) is 12.6. The van der Waals surface area contributed by atoms with E-state index in [4.69, 9.17) is 22.8 Å². The first-order valence-electron chi connectivity index (χ1n) is 13.7. The summed E-state index contributed by atoms with van der Waals surface area (Å²) < 4.78 is 7.90. The van der Waals surface area contributed by atoms with E-state index in [-0.39, 0.29) is 20.0 Å². The maximum atomic E-state index is 12.8. The van der Waals surface area contributed by atoms with Gasteiger partial charge in [0.15, 0.2) is 11.4 Å². The summed E-state index contributed by atoms with van der Waals surface area (Å²) >= 11 is 0. The van der Waals surface area contributed by atoms with Crippen LogP contribution in [-0.4, -0.2) is 47.3 Å². The van der Waals surface area contributed by atoms with E-state index >= 15 is 0 Å². The van der Waals surface area contributed by atoms with E-state index in [1.807, 2.05) is 24.3 Å². The molecular weight excluding hydrogens is 668 g/mol. The minimum absolute atomic E-state index is 0. The number of methoxy groups -OCH3 is 1. The predicted octanol–water partition coefficient (Wildman–Crippen LogP) is 3.05. The van der Waals surface area contributed by atoms with Crippen LogP contribution in [0.3, 0.4) is 0 Å². The number of aromatic nitrogens is 5. The Kier molecular flexibility index (Phi) is 17.0. The van der Waals surface area contributed by atoms with Crippen LogP contribution >= 0.6 is 0 Å². The SMILES string of the molecule is C#CC#CC#CC#CC#CC#CC#CC#CC#C.COc1ccc(Cn2c(=O)n3ncnc3c3cc(C(C)=O)cnc32)cc1.NN=NN=[N+]([O-])OO.[HH].[HH].[HH].[HH].[HH].[HH]. The Bertz CT molecular complexity index is 2570. The van der Waals surface area contributed by atoms with E-state index in [0.29, 0.717) is 28.8 Å². The lowest BCUT2D eigenvalue weighted by Gasteiger charge is -2.11. The smallest absolute Gasteiger partial charge is 0.352 e. The fraction of sp³-hybridized carbons (Fsp3) is 0.0833. The van der Waals surface area contributed by atoms with Crippen LogP contribution in [-0.2, 0) is 11.5 Å². The van der Waals surface area contributed by atoms with Gasteiger partial charge < -0.3 is 14.9 Å². The summed E-state index contributed by atoms with van der Waals surface area (Å²) in [5.74, 6) is 43.3. The molecule has 0 aliphatic carbocycles.